The van der Waals surface area contributed by atoms with Gasteiger partial charge in [0.15, 0.2) is 18.0 Å². The zero-order valence-corrected chi connectivity index (χ0v) is 15.3. The molecule has 0 amide bonds. The SMILES string of the molecule is CSc1ccc(OCc2ncc([N+](=O)[O-])n2C)cc1.O=[N+]([O-])n1ccnc1. The molecule has 1 aromatic carbocycles. The standard InChI is InChI=1S/C12H13N3O3S.C3H3N3O2/c1-14-11(13-7-12(14)15(16)17)8-18-9-3-5-10(19-2)6-4-9;7-6(8)5-2-1-4-3-5/h3-7H,8H2,1-2H3;1-3H. The molecule has 0 atom stereocenters. The molecule has 27 heavy (non-hydrogen) atoms. The zero-order chi connectivity index (χ0) is 19.8. The summed E-state index contributed by atoms with van der Waals surface area (Å²) in [6.45, 7) is 0.197. The second kappa shape index (κ2) is 9.33. The van der Waals surface area contributed by atoms with Gasteiger partial charge in [-0.2, -0.15) is 0 Å². The number of nitro groups is 2. The normalized spacial score (nSPS) is 10.0. The van der Waals surface area contributed by atoms with Crippen LogP contribution in [-0.2, 0) is 13.7 Å². The lowest BCUT2D eigenvalue weighted by Crippen LogP contribution is -2.05. The first kappa shape index (κ1) is 19.9. The molecule has 0 fully saturated rings. The third kappa shape index (κ3) is 5.54. The van der Waals surface area contributed by atoms with E-state index in [1.165, 1.54) is 23.2 Å². The molecule has 0 spiro atoms. The third-order valence-electron chi connectivity index (χ3n) is 3.35. The van der Waals surface area contributed by atoms with Gasteiger partial charge in [0.25, 0.3) is 0 Å². The van der Waals surface area contributed by atoms with Gasteiger partial charge in [0.1, 0.15) is 11.9 Å². The lowest BCUT2D eigenvalue weighted by atomic mass is 10.3. The summed E-state index contributed by atoms with van der Waals surface area (Å²) in [6.07, 6.45) is 6.97. The highest BCUT2D eigenvalue weighted by molar-refractivity contribution is 7.98. The van der Waals surface area contributed by atoms with Crippen molar-refractivity contribution in [2.75, 3.05) is 6.26 Å². The van der Waals surface area contributed by atoms with Crippen LogP contribution in [0.5, 0.6) is 5.75 Å². The third-order valence-corrected chi connectivity index (χ3v) is 4.10. The molecule has 0 aliphatic carbocycles. The van der Waals surface area contributed by atoms with Crippen LogP contribution < -0.4 is 4.74 Å². The Morgan fingerprint density at radius 2 is 1.93 bits per heavy atom. The average Bonchev–Trinajstić information content (AvgIpc) is 3.31. The van der Waals surface area contributed by atoms with Crippen LogP contribution in [0.25, 0.3) is 0 Å². The fourth-order valence-electron chi connectivity index (χ4n) is 1.91. The number of imidazole rings is 2. The molecular formula is C15H16N6O5S. The molecule has 0 saturated carbocycles. The van der Waals surface area contributed by atoms with Crippen molar-refractivity contribution >= 4 is 17.6 Å². The first-order chi connectivity index (χ1) is 12.9. The van der Waals surface area contributed by atoms with Gasteiger partial charge in [-0.15, -0.1) is 11.8 Å². The lowest BCUT2D eigenvalue weighted by Gasteiger charge is -2.05. The number of aromatic nitrogens is 4. The van der Waals surface area contributed by atoms with E-state index in [1.807, 2.05) is 30.5 Å². The van der Waals surface area contributed by atoms with Crippen LogP contribution in [0.3, 0.4) is 0 Å². The molecule has 2 heterocycles. The largest absolute Gasteiger partial charge is 0.483 e. The number of nitrogens with zero attached hydrogens (tertiary/aromatic N) is 6. The Bertz CT molecular complexity index is 894. The molecule has 0 aliphatic rings. The first-order valence-corrected chi connectivity index (χ1v) is 8.69. The number of thioether (sulfide) groups is 1. The Balaban J connectivity index is 0.000000273. The van der Waals surface area contributed by atoms with Crippen LogP contribution in [-0.4, -0.2) is 35.4 Å². The van der Waals surface area contributed by atoms with Crippen molar-refractivity contribution in [3.63, 3.8) is 0 Å². The summed E-state index contributed by atoms with van der Waals surface area (Å²) in [5.74, 6) is 1.18. The van der Waals surface area contributed by atoms with E-state index in [0.29, 0.717) is 11.6 Å². The molecule has 142 valence electrons. The van der Waals surface area contributed by atoms with E-state index in [4.69, 9.17) is 4.74 Å². The van der Waals surface area contributed by atoms with Gasteiger partial charge < -0.3 is 14.9 Å². The molecule has 0 radical (unpaired) electrons. The van der Waals surface area contributed by atoms with Crippen molar-refractivity contribution in [2.24, 2.45) is 7.05 Å². The predicted octanol–water partition coefficient (Wildman–Crippen LogP) is 2.55. The number of ether oxygens (including phenoxy) is 1. The van der Waals surface area contributed by atoms with Crippen LogP contribution in [0.2, 0.25) is 0 Å². The molecule has 0 unspecified atom stereocenters. The molecule has 2 aromatic heterocycles. The van der Waals surface area contributed by atoms with Crippen LogP contribution in [0, 0.1) is 20.2 Å². The van der Waals surface area contributed by atoms with Gasteiger partial charge in [0.2, 0.25) is 5.82 Å². The van der Waals surface area contributed by atoms with Crippen LogP contribution in [0.15, 0.2) is 54.1 Å². The zero-order valence-electron chi connectivity index (χ0n) is 14.5. The quantitative estimate of drug-likeness (QED) is 0.355. The van der Waals surface area contributed by atoms with Gasteiger partial charge in [-0.05, 0) is 35.4 Å². The second-order valence-electron chi connectivity index (χ2n) is 4.99. The molecular weight excluding hydrogens is 376 g/mol. The van der Waals surface area contributed by atoms with Gasteiger partial charge in [-0.3, -0.25) is 0 Å². The summed E-state index contributed by atoms with van der Waals surface area (Å²) in [5, 5.41) is 19.9. The van der Waals surface area contributed by atoms with E-state index >= 15 is 0 Å². The van der Waals surface area contributed by atoms with Gasteiger partial charge in [-0.25, -0.2) is 24.6 Å². The maximum atomic E-state index is 10.7. The summed E-state index contributed by atoms with van der Waals surface area (Å²) in [4.78, 5) is 28.6. The fraction of sp³-hybridized carbons (Fsp3) is 0.200. The van der Waals surface area contributed by atoms with E-state index in [9.17, 15) is 20.2 Å². The molecule has 11 nitrogen and oxygen atoms in total. The highest BCUT2D eigenvalue weighted by Crippen LogP contribution is 2.20. The number of hydrogen-bond donors (Lipinski definition) is 0. The summed E-state index contributed by atoms with van der Waals surface area (Å²) in [6, 6.07) is 7.65. The Labute approximate surface area is 157 Å². The van der Waals surface area contributed by atoms with Crippen molar-refractivity contribution in [1.82, 2.24) is 19.2 Å². The Kier molecular flexibility index (Phi) is 6.88. The molecule has 0 bridgehead atoms. The van der Waals surface area contributed by atoms with Gasteiger partial charge in [0.05, 0.1) is 19.4 Å². The topological polar surface area (TPSA) is 131 Å². The minimum atomic E-state index is -0.562. The average molecular weight is 392 g/mol. The minimum Gasteiger partial charge on any atom is -0.483 e. The first-order valence-electron chi connectivity index (χ1n) is 7.47. The smallest absolute Gasteiger partial charge is 0.342 e. The molecule has 12 heteroatoms. The van der Waals surface area contributed by atoms with Crippen molar-refractivity contribution in [3.8, 4) is 5.75 Å². The number of benzene rings is 1. The predicted molar refractivity (Wildman–Crippen MR) is 97.0 cm³/mol. The second-order valence-corrected chi connectivity index (χ2v) is 5.87. The molecule has 0 aliphatic heterocycles. The molecule has 3 rings (SSSR count). The molecule has 0 N–H and O–H groups in total. The number of hydrogen-bond acceptors (Lipinski definition) is 8. The monoisotopic (exact) mass is 392 g/mol. The van der Waals surface area contributed by atoms with Crippen molar-refractivity contribution < 1.29 is 14.7 Å². The Morgan fingerprint density at radius 1 is 1.22 bits per heavy atom. The maximum absolute atomic E-state index is 10.7. The highest BCUT2D eigenvalue weighted by atomic mass is 32.2. The van der Waals surface area contributed by atoms with Crippen molar-refractivity contribution in [2.45, 2.75) is 11.5 Å². The summed E-state index contributed by atoms with van der Waals surface area (Å²) < 4.78 is 7.74. The van der Waals surface area contributed by atoms with Crippen molar-refractivity contribution in [1.29, 1.82) is 0 Å². The summed E-state index contributed by atoms with van der Waals surface area (Å²) in [5.41, 5.74) is 0. The minimum absolute atomic E-state index is 0.0451. The lowest BCUT2D eigenvalue weighted by molar-refractivity contribution is -0.542. The molecule has 0 saturated heterocycles. The van der Waals surface area contributed by atoms with Gasteiger partial charge in [-0.1, -0.05) is 4.68 Å². The molecule has 3 aromatic rings. The summed E-state index contributed by atoms with van der Waals surface area (Å²) >= 11 is 1.65. The Morgan fingerprint density at radius 3 is 2.37 bits per heavy atom. The van der Waals surface area contributed by atoms with E-state index < -0.39 is 9.96 Å². The maximum Gasteiger partial charge on any atom is 0.342 e. The van der Waals surface area contributed by atoms with Gasteiger partial charge in [0, 0.05) is 4.90 Å². The van der Waals surface area contributed by atoms with Crippen LogP contribution in [0.1, 0.15) is 5.82 Å². The van der Waals surface area contributed by atoms with E-state index in [-0.39, 0.29) is 12.4 Å². The van der Waals surface area contributed by atoms with Crippen LogP contribution >= 0.6 is 11.8 Å². The van der Waals surface area contributed by atoms with E-state index in [0.717, 1.165) is 15.9 Å². The van der Waals surface area contributed by atoms with Gasteiger partial charge >= 0.3 is 5.82 Å². The van der Waals surface area contributed by atoms with Crippen molar-refractivity contribution in [3.05, 3.63) is 75.2 Å². The van der Waals surface area contributed by atoms with E-state index in [1.54, 1.807) is 18.8 Å². The number of rotatable bonds is 6. The summed E-state index contributed by atoms with van der Waals surface area (Å²) in [7, 11) is 1.60. The van der Waals surface area contributed by atoms with Crippen LogP contribution in [0.4, 0.5) is 5.82 Å². The Hall–Kier alpha value is -3.41. The highest BCUT2D eigenvalue weighted by Gasteiger charge is 2.16. The van der Waals surface area contributed by atoms with E-state index in [2.05, 4.69) is 9.97 Å². The fourth-order valence-corrected chi connectivity index (χ4v) is 2.32.